The van der Waals surface area contributed by atoms with Gasteiger partial charge in [0.15, 0.2) is 12.4 Å². The van der Waals surface area contributed by atoms with Crippen molar-refractivity contribution in [3.8, 4) is 0 Å². The van der Waals surface area contributed by atoms with Gasteiger partial charge in [-0.1, -0.05) is 29.8 Å². The number of carbonyl (C=O) groups is 3. The van der Waals surface area contributed by atoms with Crippen molar-refractivity contribution in [2.45, 2.75) is 26.2 Å². The second-order valence-corrected chi connectivity index (χ2v) is 6.80. The number of hydrogen-bond donors (Lipinski definition) is 0. The van der Waals surface area contributed by atoms with Crippen LogP contribution in [0.5, 0.6) is 0 Å². The molecule has 4 atom stereocenters. The topological polar surface area (TPSA) is 69.7 Å². The van der Waals surface area contributed by atoms with Gasteiger partial charge < -0.3 is 9.47 Å². The van der Waals surface area contributed by atoms with Crippen molar-refractivity contribution in [1.29, 1.82) is 0 Å². The molecule has 24 heavy (non-hydrogen) atoms. The first-order chi connectivity index (χ1) is 11.5. The number of aryl methyl sites for hydroxylation is 1. The van der Waals surface area contributed by atoms with Crippen molar-refractivity contribution in [2.75, 3.05) is 13.7 Å². The van der Waals surface area contributed by atoms with E-state index in [0.717, 1.165) is 24.8 Å². The Morgan fingerprint density at radius 1 is 1.00 bits per heavy atom. The minimum absolute atomic E-state index is 0.168. The monoisotopic (exact) mass is 330 g/mol. The highest BCUT2D eigenvalue weighted by Gasteiger charge is 2.55. The van der Waals surface area contributed by atoms with E-state index >= 15 is 0 Å². The van der Waals surface area contributed by atoms with Gasteiger partial charge in [-0.05, 0) is 38.0 Å². The van der Waals surface area contributed by atoms with E-state index in [9.17, 15) is 14.4 Å². The summed E-state index contributed by atoms with van der Waals surface area (Å²) in [6.07, 6.45) is 2.76. The third kappa shape index (κ3) is 3.07. The lowest BCUT2D eigenvalue weighted by molar-refractivity contribution is -0.161. The van der Waals surface area contributed by atoms with Gasteiger partial charge in [0.25, 0.3) is 0 Å². The molecule has 0 amide bonds. The number of ether oxygens (including phenoxy) is 2. The standard InChI is InChI=1S/C19H22O5/c1-11-3-5-12(6-4-11)15(20)10-24-19(22)17-14-8-7-13(9-14)16(17)18(21)23-2/h3-6,13-14,16-17H,7-10H2,1-2H3/t13-,14-,16+,17-/m1/s1. The van der Waals surface area contributed by atoms with E-state index in [1.807, 2.05) is 19.1 Å². The number of ketones is 1. The summed E-state index contributed by atoms with van der Waals surface area (Å²) in [6, 6.07) is 7.14. The Bertz CT molecular complexity index is 648. The average molecular weight is 330 g/mol. The minimum Gasteiger partial charge on any atom is -0.469 e. The zero-order valence-electron chi connectivity index (χ0n) is 14.0. The van der Waals surface area contributed by atoms with Gasteiger partial charge >= 0.3 is 11.9 Å². The lowest BCUT2D eigenvalue weighted by Crippen LogP contribution is -2.37. The van der Waals surface area contributed by atoms with E-state index in [4.69, 9.17) is 9.47 Å². The van der Waals surface area contributed by atoms with Crippen molar-refractivity contribution in [2.24, 2.45) is 23.7 Å². The predicted molar refractivity (Wildman–Crippen MR) is 86.3 cm³/mol. The maximum Gasteiger partial charge on any atom is 0.310 e. The van der Waals surface area contributed by atoms with Crippen molar-refractivity contribution < 1.29 is 23.9 Å². The number of fused-ring (bicyclic) bond motifs is 2. The number of rotatable bonds is 5. The highest BCUT2D eigenvalue weighted by Crippen LogP contribution is 2.53. The quantitative estimate of drug-likeness (QED) is 0.613. The molecule has 1 aromatic rings. The van der Waals surface area contributed by atoms with Crippen molar-refractivity contribution in [1.82, 2.24) is 0 Å². The molecule has 5 heteroatoms. The molecule has 0 N–H and O–H groups in total. The van der Waals surface area contributed by atoms with Crippen LogP contribution < -0.4 is 0 Å². The fourth-order valence-corrected chi connectivity index (χ4v) is 4.16. The Hall–Kier alpha value is -2.17. The third-order valence-electron chi connectivity index (χ3n) is 5.38. The summed E-state index contributed by atoms with van der Waals surface area (Å²) in [7, 11) is 1.34. The molecule has 3 rings (SSSR count). The summed E-state index contributed by atoms with van der Waals surface area (Å²) in [5.41, 5.74) is 1.58. The smallest absolute Gasteiger partial charge is 0.310 e. The number of benzene rings is 1. The number of Topliss-reactive ketones (excluding diaryl/α,β-unsaturated/α-hetero) is 1. The first kappa shape index (κ1) is 16.7. The molecule has 0 aliphatic heterocycles. The SMILES string of the molecule is COC(=O)[C@H]1[C@@H]2CC[C@H](C2)[C@H]1C(=O)OCC(=O)c1ccc(C)cc1. The molecule has 2 aliphatic carbocycles. The summed E-state index contributed by atoms with van der Waals surface area (Å²) in [5, 5.41) is 0. The van der Waals surface area contributed by atoms with Crippen LogP contribution in [0.4, 0.5) is 0 Å². The van der Waals surface area contributed by atoms with Crippen LogP contribution >= 0.6 is 0 Å². The van der Waals surface area contributed by atoms with Gasteiger partial charge in [0.2, 0.25) is 0 Å². The molecule has 0 saturated heterocycles. The van der Waals surface area contributed by atoms with E-state index in [-0.39, 0.29) is 30.2 Å². The van der Waals surface area contributed by atoms with Crippen LogP contribution in [-0.4, -0.2) is 31.4 Å². The largest absolute Gasteiger partial charge is 0.469 e. The molecule has 0 aromatic heterocycles. The van der Waals surface area contributed by atoms with Gasteiger partial charge in [-0.2, -0.15) is 0 Å². The third-order valence-corrected chi connectivity index (χ3v) is 5.38. The first-order valence-corrected chi connectivity index (χ1v) is 8.35. The molecule has 2 bridgehead atoms. The molecule has 2 aliphatic rings. The molecule has 2 saturated carbocycles. The maximum atomic E-state index is 12.5. The Kier molecular flexibility index (Phi) is 4.69. The van der Waals surface area contributed by atoms with Crippen LogP contribution in [0.1, 0.15) is 35.2 Å². The summed E-state index contributed by atoms with van der Waals surface area (Å²) in [5.74, 6) is -1.54. The molecule has 0 unspecified atom stereocenters. The number of methoxy groups -OCH3 is 1. The number of carbonyl (C=O) groups excluding carboxylic acids is 3. The Morgan fingerprint density at radius 2 is 1.58 bits per heavy atom. The van der Waals surface area contributed by atoms with Gasteiger partial charge in [0, 0.05) is 5.56 Å². The Labute approximate surface area is 141 Å². The predicted octanol–water partition coefficient (Wildman–Crippen LogP) is 2.56. The zero-order valence-corrected chi connectivity index (χ0v) is 14.0. The molecule has 5 nitrogen and oxygen atoms in total. The second-order valence-electron chi connectivity index (χ2n) is 6.80. The van der Waals surface area contributed by atoms with E-state index in [1.165, 1.54) is 7.11 Å². The fourth-order valence-electron chi connectivity index (χ4n) is 4.16. The Balaban J connectivity index is 1.63. The number of esters is 2. The van der Waals surface area contributed by atoms with Crippen LogP contribution in [0.15, 0.2) is 24.3 Å². The van der Waals surface area contributed by atoms with E-state index in [0.29, 0.717) is 5.56 Å². The molecule has 1 aromatic carbocycles. The van der Waals surface area contributed by atoms with Crippen LogP contribution in [0.25, 0.3) is 0 Å². The van der Waals surface area contributed by atoms with Gasteiger partial charge in [0.05, 0.1) is 18.9 Å². The van der Waals surface area contributed by atoms with Crippen molar-refractivity contribution in [3.05, 3.63) is 35.4 Å². The second kappa shape index (κ2) is 6.75. The highest BCUT2D eigenvalue weighted by molar-refractivity contribution is 5.98. The van der Waals surface area contributed by atoms with Gasteiger partial charge in [0.1, 0.15) is 0 Å². The van der Waals surface area contributed by atoms with E-state index in [2.05, 4.69) is 0 Å². The van der Waals surface area contributed by atoms with Crippen LogP contribution in [0.2, 0.25) is 0 Å². The fraction of sp³-hybridized carbons (Fsp3) is 0.526. The summed E-state index contributed by atoms with van der Waals surface area (Å²) in [4.78, 5) is 36.6. The van der Waals surface area contributed by atoms with Crippen LogP contribution in [-0.2, 0) is 19.1 Å². The molecule has 0 spiro atoms. The highest BCUT2D eigenvalue weighted by atomic mass is 16.5. The molecule has 0 heterocycles. The lowest BCUT2D eigenvalue weighted by atomic mass is 9.79. The summed E-state index contributed by atoms with van der Waals surface area (Å²) >= 11 is 0. The Morgan fingerprint density at radius 3 is 2.17 bits per heavy atom. The van der Waals surface area contributed by atoms with Gasteiger partial charge in [-0.15, -0.1) is 0 Å². The molecular formula is C19H22O5. The lowest BCUT2D eigenvalue weighted by Gasteiger charge is -2.27. The van der Waals surface area contributed by atoms with Crippen molar-refractivity contribution in [3.63, 3.8) is 0 Å². The molecule has 0 radical (unpaired) electrons. The maximum absolute atomic E-state index is 12.5. The molecule has 2 fully saturated rings. The van der Waals surface area contributed by atoms with Crippen LogP contribution in [0.3, 0.4) is 0 Å². The van der Waals surface area contributed by atoms with E-state index in [1.54, 1.807) is 12.1 Å². The van der Waals surface area contributed by atoms with Crippen molar-refractivity contribution >= 4 is 17.7 Å². The average Bonchev–Trinajstić information content (AvgIpc) is 3.20. The summed E-state index contributed by atoms with van der Waals surface area (Å²) < 4.78 is 10.1. The molecule has 128 valence electrons. The number of hydrogen-bond acceptors (Lipinski definition) is 5. The zero-order chi connectivity index (χ0) is 17.3. The van der Waals surface area contributed by atoms with E-state index < -0.39 is 17.8 Å². The van der Waals surface area contributed by atoms with Crippen LogP contribution in [0, 0.1) is 30.6 Å². The minimum atomic E-state index is -0.470. The van der Waals surface area contributed by atoms with Gasteiger partial charge in [-0.25, -0.2) is 0 Å². The molecular weight excluding hydrogens is 308 g/mol. The normalized spacial score (nSPS) is 27.8. The first-order valence-electron chi connectivity index (χ1n) is 8.35. The summed E-state index contributed by atoms with van der Waals surface area (Å²) in [6.45, 7) is 1.65. The van der Waals surface area contributed by atoms with Gasteiger partial charge in [-0.3, -0.25) is 14.4 Å².